The molecule has 16 heavy (non-hydrogen) atoms. The third-order valence-corrected chi connectivity index (χ3v) is 3.76. The molecule has 1 aliphatic carbocycles. The van der Waals surface area contributed by atoms with Gasteiger partial charge in [-0.05, 0) is 51.6 Å². The van der Waals surface area contributed by atoms with Crippen molar-refractivity contribution in [3.05, 3.63) is 0 Å². The van der Waals surface area contributed by atoms with Crippen LogP contribution >= 0.6 is 0 Å². The van der Waals surface area contributed by atoms with Crippen molar-refractivity contribution < 1.29 is 4.74 Å². The molecule has 0 radical (unpaired) electrons. The minimum Gasteiger partial charge on any atom is -0.381 e. The van der Waals surface area contributed by atoms with Gasteiger partial charge < -0.3 is 15.0 Å². The van der Waals surface area contributed by atoms with Crippen LogP contribution < -0.4 is 5.32 Å². The van der Waals surface area contributed by atoms with E-state index in [9.17, 15) is 0 Å². The number of rotatable bonds is 7. The summed E-state index contributed by atoms with van der Waals surface area (Å²) in [5.41, 5.74) is 0. The first kappa shape index (κ1) is 12.3. The Morgan fingerprint density at radius 1 is 1.12 bits per heavy atom. The summed E-state index contributed by atoms with van der Waals surface area (Å²) in [5, 5.41) is 3.56. The van der Waals surface area contributed by atoms with Crippen molar-refractivity contribution >= 4 is 0 Å². The lowest BCUT2D eigenvalue weighted by Gasteiger charge is -2.24. The average molecular weight is 226 g/mol. The smallest absolute Gasteiger partial charge is 0.0468 e. The lowest BCUT2D eigenvalue weighted by molar-refractivity contribution is 0.0610. The Kier molecular flexibility index (Phi) is 5.07. The molecule has 0 spiro atoms. The minimum absolute atomic E-state index is 0.851. The van der Waals surface area contributed by atoms with Crippen LogP contribution in [0.3, 0.4) is 0 Å². The maximum Gasteiger partial charge on any atom is 0.0468 e. The van der Waals surface area contributed by atoms with Crippen molar-refractivity contribution in [3.8, 4) is 0 Å². The molecule has 3 nitrogen and oxygen atoms in total. The molecule has 0 bridgehead atoms. The van der Waals surface area contributed by atoms with E-state index in [1.54, 1.807) is 0 Å². The lowest BCUT2D eigenvalue weighted by atomic mass is 9.96. The van der Waals surface area contributed by atoms with E-state index in [1.807, 2.05) is 0 Å². The van der Waals surface area contributed by atoms with Crippen LogP contribution in [0.1, 0.15) is 32.1 Å². The van der Waals surface area contributed by atoms with E-state index in [4.69, 9.17) is 4.74 Å². The zero-order chi connectivity index (χ0) is 11.2. The van der Waals surface area contributed by atoms with Gasteiger partial charge in [0.15, 0.2) is 0 Å². The zero-order valence-corrected chi connectivity index (χ0v) is 10.6. The van der Waals surface area contributed by atoms with Gasteiger partial charge in [0.2, 0.25) is 0 Å². The number of nitrogens with zero attached hydrogens (tertiary/aromatic N) is 1. The standard InChI is InChI=1S/C13H26N2O/c1-15(9-7-14-13-2-3-13)8-4-12-5-10-16-11-6-12/h12-14H,2-11H2,1H3. The predicted molar refractivity (Wildman–Crippen MR) is 66.7 cm³/mol. The summed E-state index contributed by atoms with van der Waals surface area (Å²) >= 11 is 0. The molecule has 1 N–H and O–H groups in total. The van der Waals surface area contributed by atoms with E-state index in [1.165, 1.54) is 45.2 Å². The van der Waals surface area contributed by atoms with Crippen LogP contribution in [0.2, 0.25) is 0 Å². The highest BCUT2D eigenvalue weighted by Gasteiger charge is 2.20. The molecule has 1 heterocycles. The average Bonchev–Trinajstić information content (AvgIpc) is 3.12. The fraction of sp³-hybridized carbons (Fsp3) is 1.00. The molecule has 0 aromatic carbocycles. The zero-order valence-electron chi connectivity index (χ0n) is 10.6. The molecule has 0 unspecified atom stereocenters. The Morgan fingerprint density at radius 3 is 2.56 bits per heavy atom. The fourth-order valence-electron chi connectivity index (χ4n) is 2.30. The first-order chi connectivity index (χ1) is 7.84. The van der Waals surface area contributed by atoms with Crippen LogP contribution in [0.25, 0.3) is 0 Å². The molecular formula is C13H26N2O. The lowest BCUT2D eigenvalue weighted by Crippen LogP contribution is -2.32. The van der Waals surface area contributed by atoms with E-state index in [2.05, 4.69) is 17.3 Å². The molecule has 1 saturated carbocycles. The number of ether oxygens (including phenoxy) is 1. The Balaban J connectivity index is 1.46. The normalized spacial score (nSPS) is 22.9. The van der Waals surface area contributed by atoms with Gasteiger partial charge in [-0.25, -0.2) is 0 Å². The van der Waals surface area contributed by atoms with Crippen LogP contribution in [0.4, 0.5) is 0 Å². The number of hydrogen-bond donors (Lipinski definition) is 1. The Morgan fingerprint density at radius 2 is 1.88 bits per heavy atom. The second kappa shape index (κ2) is 6.58. The molecule has 94 valence electrons. The monoisotopic (exact) mass is 226 g/mol. The van der Waals surface area contributed by atoms with Gasteiger partial charge in [0, 0.05) is 32.3 Å². The molecule has 2 fully saturated rings. The highest BCUT2D eigenvalue weighted by atomic mass is 16.5. The summed E-state index contributed by atoms with van der Waals surface area (Å²) in [7, 11) is 2.24. The third kappa shape index (κ3) is 4.81. The summed E-state index contributed by atoms with van der Waals surface area (Å²) in [5.74, 6) is 0.910. The highest BCUT2D eigenvalue weighted by Crippen LogP contribution is 2.19. The molecular weight excluding hydrogens is 200 g/mol. The van der Waals surface area contributed by atoms with Crippen molar-refractivity contribution in [2.24, 2.45) is 5.92 Å². The Bertz CT molecular complexity index is 188. The van der Waals surface area contributed by atoms with Gasteiger partial charge in [-0.15, -0.1) is 0 Å². The molecule has 0 aromatic rings. The van der Waals surface area contributed by atoms with Gasteiger partial charge in [-0.2, -0.15) is 0 Å². The van der Waals surface area contributed by atoms with Crippen molar-refractivity contribution in [1.29, 1.82) is 0 Å². The molecule has 1 saturated heterocycles. The summed E-state index contributed by atoms with van der Waals surface area (Å²) in [6, 6.07) is 0.851. The number of likely N-dealkylation sites (N-methyl/N-ethyl adjacent to an activating group) is 1. The van der Waals surface area contributed by atoms with Crippen molar-refractivity contribution in [2.45, 2.75) is 38.1 Å². The van der Waals surface area contributed by atoms with Crippen LogP contribution in [-0.2, 0) is 4.74 Å². The van der Waals surface area contributed by atoms with E-state index in [0.717, 1.165) is 31.7 Å². The van der Waals surface area contributed by atoms with Crippen LogP contribution in [-0.4, -0.2) is 50.8 Å². The second-order valence-corrected chi connectivity index (χ2v) is 5.38. The molecule has 3 heteroatoms. The molecule has 2 rings (SSSR count). The van der Waals surface area contributed by atoms with Crippen LogP contribution in [0, 0.1) is 5.92 Å². The summed E-state index contributed by atoms with van der Waals surface area (Å²) < 4.78 is 5.38. The highest BCUT2D eigenvalue weighted by molar-refractivity contribution is 4.80. The Labute approximate surface area is 99.5 Å². The molecule has 1 aliphatic heterocycles. The largest absolute Gasteiger partial charge is 0.381 e. The quantitative estimate of drug-likeness (QED) is 0.712. The fourth-order valence-corrected chi connectivity index (χ4v) is 2.30. The van der Waals surface area contributed by atoms with Crippen molar-refractivity contribution in [1.82, 2.24) is 10.2 Å². The minimum atomic E-state index is 0.851. The second-order valence-electron chi connectivity index (χ2n) is 5.38. The van der Waals surface area contributed by atoms with Gasteiger partial charge in [0.05, 0.1) is 0 Å². The predicted octanol–water partition coefficient (Wildman–Crippen LogP) is 1.49. The van der Waals surface area contributed by atoms with Crippen molar-refractivity contribution in [3.63, 3.8) is 0 Å². The SMILES string of the molecule is CN(CCNC1CC1)CCC1CCOCC1. The Hall–Kier alpha value is -0.120. The van der Waals surface area contributed by atoms with Gasteiger partial charge in [0.1, 0.15) is 0 Å². The molecule has 2 aliphatic rings. The summed E-state index contributed by atoms with van der Waals surface area (Å²) in [4.78, 5) is 2.46. The van der Waals surface area contributed by atoms with E-state index in [-0.39, 0.29) is 0 Å². The first-order valence-corrected chi connectivity index (χ1v) is 6.84. The molecule has 0 amide bonds. The molecule has 0 atom stereocenters. The van der Waals surface area contributed by atoms with E-state index >= 15 is 0 Å². The van der Waals surface area contributed by atoms with E-state index < -0.39 is 0 Å². The van der Waals surface area contributed by atoms with Crippen LogP contribution in [0.5, 0.6) is 0 Å². The maximum absolute atomic E-state index is 5.38. The van der Waals surface area contributed by atoms with Crippen molar-refractivity contribution in [2.75, 3.05) is 39.9 Å². The van der Waals surface area contributed by atoms with Gasteiger partial charge in [0.25, 0.3) is 0 Å². The summed E-state index contributed by atoms with van der Waals surface area (Å²) in [6.07, 6.45) is 6.68. The maximum atomic E-state index is 5.38. The van der Waals surface area contributed by atoms with Crippen LogP contribution in [0.15, 0.2) is 0 Å². The van der Waals surface area contributed by atoms with Gasteiger partial charge in [-0.1, -0.05) is 0 Å². The van der Waals surface area contributed by atoms with E-state index in [0.29, 0.717) is 0 Å². The number of nitrogens with one attached hydrogen (secondary N) is 1. The topological polar surface area (TPSA) is 24.5 Å². The summed E-state index contributed by atoms with van der Waals surface area (Å²) in [6.45, 7) is 5.57. The third-order valence-electron chi connectivity index (χ3n) is 3.76. The van der Waals surface area contributed by atoms with Gasteiger partial charge >= 0.3 is 0 Å². The molecule has 0 aromatic heterocycles. The van der Waals surface area contributed by atoms with Gasteiger partial charge in [-0.3, -0.25) is 0 Å². The first-order valence-electron chi connectivity index (χ1n) is 6.84. The number of hydrogen-bond acceptors (Lipinski definition) is 3.